The van der Waals surface area contributed by atoms with Crippen LogP contribution in [0.5, 0.6) is 0 Å². The van der Waals surface area contributed by atoms with Crippen molar-refractivity contribution < 1.29 is 29.2 Å². The molecular weight excluding hydrogens is 679 g/mol. The van der Waals surface area contributed by atoms with Gasteiger partial charge in [-0.2, -0.15) is 0 Å². The Labute approximate surface area is 283 Å². The molecule has 0 amide bonds. The molecule has 7 heteroatoms. The first-order chi connectivity index (χ1) is 22.0. The quantitative estimate of drug-likeness (QED) is 0.235. The third-order valence-electron chi connectivity index (χ3n) is 8.69. The lowest BCUT2D eigenvalue weighted by Gasteiger charge is -2.31. The molecule has 6 rings (SSSR count). The third-order valence-corrected chi connectivity index (χ3v) is 9.36. The molecule has 4 fully saturated rings. The SMILES string of the molecule is C#CC1(OC2CCCCO2)CCCC1.OCc1cccc(C#CC2(OC3CCCCO3)CCCC2)c1.OCc1cccc(I)c1. The number of aliphatic hydroxyl groups is 2. The van der Waals surface area contributed by atoms with E-state index >= 15 is 0 Å². The number of benzene rings is 2. The Bertz CT molecular complexity index is 1250. The number of hydrogen-bond acceptors (Lipinski definition) is 6. The highest BCUT2D eigenvalue weighted by molar-refractivity contribution is 14.1. The van der Waals surface area contributed by atoms with Crippen LogP contribution in [-0.4, -0.2) is 47.2 Å². The van der Waals surface area contributed by atoms with Crippen molar-refractivity contribution in [2.24, 2.45) is 0 Å². The summed E-state index contributed by atoms with van der Waals surface area (Å²) in [6.07, 6.45) is 20.7. The van der Waals surface area contributed by atoms with Gasteiger partial charge in [-0.3, -0.25) is 0 Å². The Hall–Kier alpha value is -1.95. The van der Waals surface area contributed by atoms with Gasteiger partial charge in [-0.05, 0) is 148 Å². The normalized spacial score (nSPS) is 23.2. The van der Waals surface area contributed by atoms with Crippen molar-refractivity contribution in [3.63, 3.8) is 0 Å². The maximum atomic E-state index is 9.22. The van der Waals surface area contributed by atoms with E-state index in [1.807, 2.05) is 48.5 Å². The van der Waals surface area contributed by atoms with Crippen LogP contribution in [0.25, 0.3) is 0 Å². The minimum atomic E-state index is -0.350. The van der Waals surface area contributed by atoms with E-state index in [0.717, 1.165) is 94.1 Å². The summed E-state index contributed by atoms with van der Waals surface area (Å²) in [4.78, 5) is 0. The Morgan fingerprint density at radius 2 is 1.27 bits per heavy atom. The summed E-state index contributed by atoms with van der Waals surface area (Å²) in [5.41, 5.74) is 2.15. The molecule has 2 saturated carbocycles. The molecule has 0 spiro atoms. The van der Waals surface area contributed by atoms with Crippen molar-refractivity contribution >= 4 is 22.6 Å². The lowest BCUT2D eigenvalue weighted by atomic mass is 10.0. The molecule has 2 saturated heterocycles. The molecule has 2 aromatic carbocycles. The summed E-state index contributed by atoms with van der Waals surface area (Å²) >= 11 is 2.22. The van der Waals surface area contributed by atoms with Crippen molar-refractivity contribution in [2.45, 2.75) is 127 Å². The van der Waals surface area contributed by atoms with Gasteiger partial charge in [0.1, 0.15) is 11.2 Å². The van der Waals surface area contributed by atoms with Gasteiger partial charge in [0.25, 0.3) is 0 Å². The molecule has 0 bridgehead atoms. The minimum Gasteiger partial charge on any atom is -0.392 e. The number of aliphatic hydroxyl groups excluding tert-OH is 2. The van der Waals surface area contributed by atoms with E-state index in [1.54, 1.807) is 0 Å². The second kappa shape index (κ2) is 19.0. The smallest absolute Gasteiger partial charge is 0.159 e. The van der Waals surface area contributed by atoms with Crippen LogP contribution in [-0.2, 0) is 32.2 Å². The predicted molar refractivity (Wildman–Crippen MR) is 185 cm³/mol. The second-order valence-electron chi connectivity index (χ2n) is 12.3. The molecule has 0 radical (unpaired) electrons. The zero-order chi connectivity index (χ0) is 31.8. The van der Waals surface area contributed by atoms with Crippen LogP contribution >= 0.6 is 22.6 Å². The van der Waals surface area contributed by atoms with Crippen molar-refractivity contribution in [1.82, 2.24) is 0 Å². The summed E-state index contributed by atoms with van der Waals surface area (Å²) in [7, 11) is 0. The average Bonchev–Trinajstić information content (AvgIpc) is 3.76. The van der Waals surface area contributed by atoms with Gasteiger partial charge in [0, 0.05) is 22.3 Å². The van der Waals surface area contributed by atoms with Gasteiger partial charge in [-0.15, -0.1) is 6.42 Å². The number of halogens is 1. The van der Waals surface area contributed by atoms with E-state index in [2.05, 4.69) is 40.4 Å². The molecule has 2 aliphatic heterocycles. The third kappa shape index (κ3) is 12.0. The zero-order valence-electron chi connectivity index (χ0n) is 26.5. The van der Waals surface area contributed by atoms with Crippen LogP contribution in [0.1, 0.15) is 107 Å². The predicted octanol–water partition coefficient (Wildman–Crippen LogP) is 7.65. The number of ether oxygens (including phenoxy) is 4. The Kier molecular flexibility index (Phi) is 15.2. The molecule has 2 unspecified atom stereocenters. The Morgan fingerprint density at radius 1 is 0.733 bits per heavy atom. The van der Waals surface area contributed by atoms with E-state index in [0.29, 0.717) is 0 Å². The van der Waals surface area contributed by atoms with Gasteiger partial charge in [-0.25, -0.2) is 0 Å². The summed E-state index contributed by atoms with van der Waals surface area (Å²) in [5, 5.41) is 17.9. The molecule has 4 aliphatic rings. The summed E-state index contributed by atoms with van der Waals surface area (Å²) < 4.78 is 24.6. The van der Waals surface area contributed by atoms with Gasteiger partial charge < -0.3 is 29.2 Å². The Morgan fingerprint density at radius 3 is 1.76 bits per heavy atom. The molecular formula is C38H49IO6. The average molecular weight is 729 g/mol. The first-order valence-corrected chi connectivity index (χ1v) is 17.7. The first-order valence-electron chi connectivity index (χ1n) is 16.6. The summed E-state index contributed by atoms with van der Waals surface area (Å²) in [6, 6.07) is 15.6. The van der Waals surface area contributed by atoms with Gasteiger partial charge >= 0.3 is 0 Å². The maximum Gasteiger partial charge on any atom is 0.159 e. The van der Waals surface area contributed by atoms with Crippen molar-refractivity contribution in [2.75, 3.05) is 13.2 Å². The molecule has 2 N–H and O–H groups in total. The van der Waals surface area contributed by atoms with Crippen LogP contribution in [0, 0.1) is 27.8 Å². The number of terminal acetylenes is 1. The molecule has 2 heterocycles. The lowest BCUT2D eigenvalue weighted by molar-refractivity contribution is -0.206. The zero-order valence-corrected chi connectivity index (χ0v) is 28.6. The standard InChI is InChI=1S/C19H24O3.C12H18O2.C7H7IO/c20-15-17-7-5-6-16(14-17)9-12-19(10-2-3-11-19)22-18-8-1-4-13-21-18;1-2-12(8-4-5-9-12)14-11-7-3-6-10-13-11;8-7-3-1-2-6(4-7)5-9/h5-7,14,18,20H,1-4,8,10-11,13,15H2;1,11H,3-10H2;1-4,9H,5H2. The van der Waals surface area contributed by atoms with Crippen molar-refractivity contribution in [3.05, 3.63) is 68.8 Å². The molecule has 0 aromatic heterocycles. The fourth-order valence-electron chi connectivity index (χ4n) is 6.14. The van der Waals surface area contributed by atoms with E-state index in [-0.39, 0.29) is 37.0 Å². The fraction of sp³-hybridized carbons (Fsp3) is 0.579. The van der Waals surface area contributed by atoms with E-state index in [9.17, 15) is 5.11 Å². The van der Waals surface area contributed by atoms with Crippen molar-refractivity contribution in [1.29, 1.82) is 0 Å². The fourth-order valence-corrected chi connectivity index (χ4v) is 6.75. The Balaban J connectivity index is 0.000000171. The first kappa shape index (κ1) is 35.9. The van der Waals surface area contributed by atoms with Crippen LogP contribution in [0.3, 0.4) is 0 Å². The van der Waals surface area contributed by atoms with Crippen LogP contribution in [0.15, 0.2) is 48.5 Å². The van der Waals surface area contributed by atoms with Crippen LogP contribution in [0.2, 0.25) is 0 Å². The largest absolute Gasteiger partial charge is 0.392 e. The molecule has 6 nitrogen and oxygen atoms in total. The molecule has 45 heavy (non-hydrogen) atoms. The van der Waals surface area contributed by atoms with Crippen LogP contribution in [0.4, 0.5) is 0 Å². The van der Waals surface area contributed by atoms with Gasteiger partial charge in [0.2, 0.25) is 0 Å². The minimum absolute atomic E-state index is 0.0436. The number of rotatable bonds is 6. The topological polar surface area (TPSA) is 77.4 Å². The molecule has 2 aliphatic carbocycles. The molecule has 2 atom stereocenters. The monoisotopic (exact) mass is 728 g/mol. The summed E-state index contributed by atoms with van der Waals surface area (Å²) in [5.74, 6) is 9.45. The molecule has 244 valence electrons. The highest BCUT2D eigenvalue weighted by Crippen LogP contribution is 2.36. The highest BCUT2D eigenvalue weighted by atomic mass is 127. The van der Waals surface area contributed by atoms with Crippen LogP contribution < -0.4 is 0 Å². The van der Waals surface area contributed by atoms with Gasteiger partial charge in [0.05, 0.1) is 13.2 Å². The number of hydrogen-bond donors (Lipinski definition) is 2. The van der Waals surface area contributed by atoms with Gasteiger partial charge in [0.15, 0.2) is 12.6 Å². The molecule has 2 aromatic rings. The second-order valence-corrected chi connectivity index (χ2v) is 13.5. The maximum absolute atomic E-state index is 9.22. The highest BCUT2D eigenvalue weighted by Gasteiger charge is 2.37. The lowest BCUT2D eigenvalue weighted by Crippen LogP contribution is -2.35. The van der Waals surface area contributed by atoms with Gasteiger partial charge in [-0.1, -0.05) is 42.0 Å². The summed E-state index contributed by atoms with van der Waals surface area (Å²) in [6.45, 7) is 1.81. The van der Waals surface area contributed by atoms with E-state index < -0.39 is 0 Å². The van der Waals surface area contributed by atoms with E-state index in [4.69, 9.17) is 30.5 Å². The van der Waals surface area contributed by atoms with Crippen molar-refractivity contribution in [3.8, 4) is 24.2 Å². The van der Waals surface area contributed by atoms with E-state index in [1.165, 1.54) is 29.3 Å².